The first kappa shape index (κ1) is 36.1. The van der Waals surface area contributed by atoms with Crippen molar-refractivity contribution >= 4 is 34.7 Å². The molecule has 1 spiro atoms. The topological polar surface area (TPSA) is 176 Å². The SMILES string of the molecule is COc1c(C)cc2c(c1O)[C@@H]1[C@@H]3[C@@H]4SC[C@]5(N[C@@H](CO)Cc6c5oc5ccccc65)C(=O)OC[C@@H](c5c6c(c(C)c(OC(C)=O)c54)OCO6)N3C3(C#N)CN1C2(C)C3. The number of carbonyl (C=O) groups excluding carboxylic acids is 2. The lowest BCUT2D eigenvalue weighted by atomic mass is 9.72. The number of nitrogens with one attached hydrogen (secondary N) is 1. The Bertz CT molecular complexity index is 2570. The molecule has 0 amide bonds. The van der Waals surface area contributed by atoms with E-state index in [2.05, 4.69) is 34.2 Å². The molecule has 9 heterocycles. The lowest BCUT2D eigenvalue weighted by Crippen LogP contribution is -2.67. The van der Waals surface area contributed by atoms with Gasteiger partial charge in [-0.3, -0.25) is 19.9 Å². The van der Waals surface area contributed by atoms with Crippen LogP contribution in [0.3, 0.4) is 0 Å². The zero-order valence-electron chi connectivity index (χ0n) is 32.6. The molecule has 8 aliphatic rings. The van der Waals surface area contributed by atoms with Gasteiger partial charge in [-0.25, -0.2) is 4.79 Å². The number of aryl methyl sites for hydroxylation is 1. The van der Waals surface area contributed by atoms with E-state index in [9.17, 15) is 20.3 Å². The Morgan fingerprint density at radius 2 is 1.93 bits per heavy atom. The smallest absolute Gasteiger partial charge is 0.335 e. The number of aromatic hydroxyl groups is 1. The van der Waals surface area contributed by atoms with Crippen LogP contribution in [0.4, 0.5) is 0 Å². The number of rotatable bonds is 3. The second kappa shape index (κ2) is 12.0. The van der Waals surface area contributed by atoms with Gasteiger partial charge in [-0.2, -0.15) is 5.26 Å². The molecule has 8 atom stereocenters. The highest BCUT2D eigenvalue weighted by atomic mass is 32.2. The van der Waals surface area contributed by atoms with E-state index in [1.54, 1.807) is 7.11 Å². The van der Waals surface area contributed by atoms with E-state index in [1.807, 2.05) is 38.1 Å². The number of benzene rings is 3. The van der Waals surface area contributed by atoms with Gasteiger partial charge < -0.3 is 38.3 Å². The molecule has 0 radical (unpaired) electrons. The highest BCUT2D eigenvalue weighted by Crippen LogP contribution is 2.71. The molecule has 12 rings (SSSR count). The summed E-state index contributed by atoms with van der Waals surface area (Å²) in [5.41, 5.74) is 2.57. The fraction of sp³-hybridized carbons (Fsp3) is 0.465. The highest BCUT2D eigenvalue weighted by molar-refractivity contribution is 7.99. The lowest BCUT2D eigenvalue weighted by molar-refractivity contribution is -0.158. The van der Waals surface area contributed by atoms with Gasteiger partial charge in [-0.1, -0.05) is 18.2 Å². The number of phenols is 1. The number of furan rings is 1. The number of esters is 2. The first-order valence-electron chi connectivity index (χ1n) is 19.6. The normalized spacial score (nSPS) is 32.6. The summed E-state index contributed by atoms with van der Waals surface area (Å²) in [5, 5.41) is 38.1. The molecule has 58 heavy (non-hydrogen) atoms. The van der Waals surface area contributed by atoms with Crippen molar-refractivity contribution in [2.75, 3.05) is 39.4 Å². The quantitative estimate of drug-likeness (QED) is 0.190. The third-order valence-electron chi connectivity index (χ3n) is 13.9. The number of piperazine rings is 1. The maximum atomic E-state index is 15.1. The highest BCUT2D eigenvalue weighted by Gasteiger charge is 2.72. The van der Waals surface area contributed by atoms with Crippen molar-refractivity contribution < 1.29 is 47.9 Å². The van der Waals surface area contributed by atoms with E-state index >= 15 is 4.79 Å². The summed E-state index contributed by atoms with van der Waals surface area (Å²) >= 11 is 1.46. The third-order valence-corrected chi connectivity index (χ3v) is 15.4. The summed E-state index contributed by atoms with van der Waals surface area (Å²) in [4.78, 5) is 32.7. The van der Waals surface area contributed by atoms with Gasteiger partial charge in [0.25, 0.3) is 0 Å². The van der Waals surface area contributed by atoms with Crippen LogP contribution < -0.4 is 24.3 Å². The number of nitrogens with zero attached hydrogens (tertiary/aromatic N) is 3. The van der Waals surface area contributed by atoms with Crippen LogP contribution in [0.25, 0.3) is 11.0 Å². The number of hydrogen-bond donors (Lipinski definition) is 3. The van der Waals surface area contributed by atoms with Crippen molar-refractivity contribution in [3.8, 4) is 34.8 Å². The molecule has 14 nitrogen and oxygen atoms in total. The number of phenolic OH excluding ortho intramolecular Hbond substituents is 1. The van der Waals surface area contributed by atoms with Crippen LogP contribution >= 0.6 is 11.8 Å². The predicted molar refractivity (Wildman–Crippen MR) is 208 cm³/mol. The van der Waals surface area contributed by atoms with Gasteiger partial charge in [0.15, 0.2) is 28.5 Å². The molecule has 0 saturated carbocycles. The maximum Gasteiger partial charge on any atom is 0.335 e. The van der Waals surface area contributed by atoms with E-state index < -0.39 is 58.0 Å². The minimum Gasteiger partial charge on any atom is -0.504 e. The molecule has 300 valence electrons. The summed E-state index contributed by atoms with van der Waals surface area (Å²) in [6, 6.07) is 10.2. The summed E-state index contributed by atoms with van der Waals surface area (Å²) in [5.74, 6) is 1.07. The van der Waals surface area contributed by atoms with Crippen molar-refractivity contribution in [2.24, 2.45) is 0 Å². The molecule has 4 aromatic rings. The van der Waals surface area contributed by atoms with Crippen molar-refractivity contribution in [3.05, 3.63) is 75.0 Å². The summed E-state index contributed by atoms with van der Waals surface area (Å²) < 4.78 is 37.5. The average molecular weight is 807 g/mol. The number of carbonyl (C=O) groups is 2. The van der Waals surface area contributed by atoms with Crippen LogP contribution in [0.5, 0.6) is 28.7 Å². The lowest BCUT2D eigenvalue weighted by Gasteiger charge is -2.58. The average Bonchev–Trinajstić information content (AvgIpc) is 3.96. The van der Waals surface area contributed by atoms with Gasteiger partial charge in [-0.15, -0.1) is 11.8 Å². The van der Waals surface area contributed by atoms with E-state index in [1.165, 1.54) is 18.7 Å². The zero-order valence-corrected chi connectivity index (χ0v) is 33.5. The standard InChI is InChI=1S/C43H42N4O10S/c1-19-10-25-28(33(50)34(19)52-5)31-32-38-30-29(37-36(54-18-55-37)20(2)35(30)56-21(3)49)26(47(32)42(15-44)14-41(25,4)46(31)16-42)13-53-40(51)43(17-58-38)39-24(11-22(12-48)45-43)23-8-6-7-9-27(23)57-39/h6-10,22,26,31-32,38,45,48,50H,11-14,16-18H2,1-5H3/t22-,26+,31-,32-,38-,41?,42?,43-/m1/s1. The second-order valence-corrected chi connectivity index (χ2v) is 18.1. The van der Waals surface area contributed by atoms with Crippen LogP contribution in [-0.4, -0.2) is 89.0 Å². The fourth-order valence-electron chi connectivity index (χ4n) is 11.8. The Hall–Kier alpha value is -4.98. The van der Waals surface area contributed by atoms with Crippen molar-refractivity contribution in [1.29, 1.82) is 5.26 Å². The molecule has 3 fully saturated rings. The summed E-state index contributed by atoms with van der Waals surface area (Å²) in [6.45, 7) is 7.10. The summed E-state index contributed by atoms with van der Waals surface area (Å²) in [7, 11) is 1.55. The Kier molecular flexibility index (Phi) is 7.50. The van der Waals surface area contributed by atoms with Gasteiger partial charge in [-0.05, 0) is 50.5 Å². The number of aliphatic hydroxyl groups is 1. The van der Waals surface area contributed by atoms with E-state index in [0.717, 1.165) is 27.6 Å². The van der Waals surface area contributed by atoms with E-state index in [-0.39, 0.29) is 31.5 Å². The minimum absolute atomic E-state index is 0.0531. The number of ether oxygens (including phenoxy) is 5. The first-order valence-corrected chi connectivity index (χ1v) is 20.7. The van der Waals surface area contributed by atoms with Crippen LogP contribution in [0.1, 0.15) is 82.3 Å². The first-order chi connectivity index (χ1) is 27.9. The van der Waals surface area contributed by atoms with E-state index in [4.69, 9.17) is 28.1 Å². The molecular weight excluding hydrogens is 765 g/mol. The number of aliphatic hydroxyl groups excluding tert-OH is 1. The molecule has 8 aliphatic heterocycles. The number of hydrogen-bond acceptors (Lipinski definition) is 15. The van der Waals surface area contributed by atoms with Crippen molar-refractivity contribution in [3.63, 3.8) is 0 Å². The van der Waals surface area contributed by atoms with E-state index in [0.29, 0.717) is 70.4 Å². The molecule has 3 saturated heterocycles. The van der Waals surface area contributed by atoms with Gasteiger partial charge in [0, 0.05) is 76.5 Å². The third kappa shape index (κ3) is 4.31. The van der Waals surface area contributed by atoms with Crippen LogP contribution in [0.15, 0.2) is 34.7 Å². The van der Waals surface area contributed by atoms with Crippen molar-refractivity contribution in [2.45, 2.75) is 86.6 Å². The predicted octanol–water partition coefficient (Wildman–Crippen LogP) is 4.83. The minimum atomic E-state index is -1.54. The number of nitriles is 1. The van der Waals surface area contributed by atoms with Crippen LogP contribution in [-0.2, 0) is 31.8 Å². The Balaban J connectivity index is 1.20. The monoisotopic (exact) mass is 806 g/mol. The van der Waals surface area contributed by atoms with Gasteiger partial charge in [0.1, 0.15) is 29.2 Å². The van der Waals surface area contributed by atoms with Crippen LogP contribution in [0, 0.1) is 25.2 Å². The maximum absolute atomic E-state index is 15.1. The Morgan fingerprint density at radius 1 is 1.14 bits per heavy atom. The zero-order chi connectivity index (χ0) is 40.2. The molecule has 3 aromatic carbocycles. The fourth-order valence-corrected chi connectivity index (χ4v) is 13.5. The number of para-hydroxylation sites is 1. The number of methoxy groups -OCH3 is 1. The summed E-state index contributed by atoms with van der Waals surface area (Å²) in [6.07, 6.45) is 0.845. The van der Waals surface area contributed by atoms with Crippen molar-refractivity contribution in [1.82, 2.24) is 15.1 Å². The molecule has 2 unspecified atom stereocenters. The second-order valence-electron chi connectivity index (χ2n) is 16.9. The Morgan fingerprint density at radius 3 is 2.69 bits per heavy atom. The molecule has 4 bridgehead atoms. The number of fused-ring (bicyclic) bond motifs is 11. The molecule has 0 aliphatic carbocycles. The largest absolute Gasteiger partial charge is 0.504 e. The van der Waals surface area contributed by atoms with Gasteiger partial charge in [0.05, 0.1) is 37.1 Å². The molecule has 1 aromatic heterocycles. The van der Waals surface area contributed by atoms with Gasteiger partial charge in [0.2, 0.25) is 6.79 Å². The Labute approximate surface area is 337 Å². The molecule has 15 heteroatoms. The number of thioether (sulfide) groups is 1. The van der Waals surface area contributed by atoms with Gasteiger partial charge >= 0.3 is 11.9 Å². The van der Waals surface area contributed by atoms with Crippen LogP contribution in [0.2, 0.25) is 0 Å². The molecular formula is C43H42N4O10S. The molecule has 3 N–H and O–H groups in total.